The highest BCUT2D eigenvalue weighted by Crippen LogP contribution is 2.21. The van der Waals surface area contributed by atoms with Gasteiger partial charge in [0.25, 0.3) is 0 Å². The molecule has 0 aromatic heterocycles. The molecule has 16 heavy (non-hydrogen) atoms. The van der Waals surface area contributed by atoms with Crippen molar-refractivity contribution in [3.8, 4) is 0 Å². The molecule has 0 saturated carbocycles. The maximum atomic E-state index is 8.78. The van der Waals surface area contributed by atoms with Crippen LogP contribution in [0.1, 0.15) is 18.4 Å². The number of aliphatic hydroxyl groups excluding tert-OH is 1. The fourth-order valence-corrected chi connectivity index (χ4v) is 2.12. The molecule has 86 valence electrons. The van der Waals surface area contributed by atoms with Gasteiger partial charge in [-0.1, -0.05) is 36.4 Å². The number of hydrogen-bond donors (Lipinski definition) is 1. The number of benzene rings is 1. The third-order valence-corrected chi connectivity index (χ3v) is 3.07. The third-order valence-electron chi connectivity index (χ3n) is 3.07. The smallest absolute Gasteiger partial charge is 0.0443 e. The number of nitrogens with zero attached hydrogens (tertiary/aromatic N) is 1. The summed E-state index contributed by atoms with van der Waals surface area (Å²) in [5, 5.41) is 8.78. The minimum absolute atomic E-state index is 0.297. The van der Waals surface area contributed by atoms with Crippen molar-refractivity contribution in [3.63, 3.8) is 0 Å². The molecule has 0 saturated heterocycles. The zero-order valence-electron chi connectivity index (χ0n) is 9.60. The third kappa shape index (κ3) is 2.94. The molecule has 0 amide bonds. The van der Waals surface area contributed by atoms with Gasteiger partial charge in [-0.3, -0.25) is 4.90 Å². The quantitative estimate of drug-likeness (QED) is 0.835. The van der Waals surface area contributed by atoms with E-state index in [2.05, 4.69) is 41.3 Å². The first-order chi connectivity index (χ1) is 7.90. The molecule has 1 N–H and O–H groups in total. The molecule has 0 bridgehead atoms. The molecule has 1 aliphatic rings. The first kappa shape index (κ1) is 11.4. The van der Waals surface area contributed by atoms with Crippen molar-refractivity contribution in [2.45, 2.75) is 12.8 Å². The predicted molar refractivity (Wildman–Crippen MR) is 67.2 cm³/mol. The van der Waals surface area contributed by atoms with Crippen LogP contribution in [0, 0.1) is 0 Å². The normalized spacial score (nSPS) is 17.2. The second-order valence-corrected chi connectivity index (χ2v) is 4.22. The van der Waals surface area contributed by atoms with Crippen molar-refractivity contribution >= 4 is 5.57 Å². The average Bonchev–Trinajstić information content (AvgIpc) is 2.38. The van der Waals surface area contributed by atoms with E-state index in [1.807, 2.05) is 0 Å². The second-order valence-electron chi connectivity index (χ2n) is 4.22. The van der Waals surface area contributed by atoms with Crippen molar-refractivity contribution in [3.05, 3.63) is 42.0 Å². The van der Waals surface area contributed by atoms with E-state index in [0.29, 0.717) is 6.61 Å². The van der Waals surface area contributed by atoms with Gasteiger partial charge in [-0.05, 0) is 24.0 Å². The molecule has 1 aliphatic heterocycles. The Morgan fingerprint density at radius 2 is 2.00 bits per heavy atom. The van der Waals surface area contributed by atoms with Gasteiger partial charge in [0, 0.05) is 26.2 Å². The highest BCUT2D eigenvalue weighted by molar-refractivity contribution is 5.66. The molecule has 0 radical (unpaired) electrons. The van der Waals surface area contributed by atoms with Crippen LogP contribution in [0.25, 0.3) is 5.57 Å². The topological polar surface area (TPSA) is 23.5 Å². The van der Waals surface area contributed by atoms with Gasteiger partial charge < -0.3 is 5.11 Å². The van der Waals surface area contributed by atoms with Crippen LogP contribution >= 0.6 is 0 Å². The van der Waals surface area contributed by atoms with Crippen LogP contribution in [0.3, 0.4) is 0 Å². The lowest BCUT2D eigenvalue weighted by molar-refractivity contribution is 0.236. The van der Waals surface area contributed by atoms with E-state index in [1.54, 1.807) is 0 Å². The van der Waals surface area contributed by atoms with E-state index in [9.17, 15) is 0 Å². The molecule has 0 spiro atoms. The lowest BCUT2D eigenvalue weighted by atomic mass is 9.99. The molecule has 0 unspecified atom stereocenters. The standard InChI is InChI=1S/C14H19NO/c16-12-4-9-15-10-7-14(8-11-15)13-5-2-1-3-6-13/h1-3,5-7,16H,4,8-12H2. The van der Waals surface area contributed by atoms with Crippen molar-refractivity contribution < 1.29 is 5.11 Å². The highest BCUT2D eigenvalue weighted by Gasteiger charge is 2.11. The summed E-state index contributed by atoms with van der Waals surface area (Å²) in [6, 6.07) is 10.6. The van der Waals surface area contributed by atoms with E-state index >= 15 is 0 Å². The first-order valence-corrected chi connectivity index (χ1v) is 5.98. The van der Waals surface area contributed by atoms with Crippen LogP contribution in [0.4, 0.5) is 0 Å². The molecule has 0 atom stereocenters. The molecule has 0 aliphatic carbocycles. The molecule has 1 aromatic carbocycles. The molecule has 1 aromatic rings. The van der Waals surface area contributed by atoms with Crippen LogP contribution in [-0.2, 0) is 0 Å². The largest absolute Gasteiger partial charge is 0.396 e. The maximum Gasteiger partial charge on any atom is 0.0443 e. The Kier molecular flexibility index (Phi) is 4.14. The van der Waals surface area contributed by atoms with Crippen LogP contribution in [0.5, 0.6) is 0 Å². The molecular formula is C14H19NO. The summed E-state index contributed by atoms with van der Waals surface area (Å²) in [6.07, 6.45) is 4.32. The van der Waals surface area contributed by atoms with Gasteiger partial charge >= 0.3 is 0 Å². The zero-order chi connectivity index (χ0) is 11.2. The molecule has 2 nitrogen and oxygen atoms in total. The summed E-state index contributed by atoms with van der Waals surface area (Å²) in [5.74, 6) is 0. The van der Waals surface area contributed by atoms with E-state index in [1.165, 1.54) is 11.1 Å². The number of aliphatic hydroxyl groups is 1. The lowest BCUT2D eigenvalue weighted by Gasteiger charge is -2.26. The zero-order valence-corrected chi connectivity index (χ0v) is 9.60. The maximum absolute atomic E-state index is 8.78. The van der Waals surface area contributed by atoms with Crippen molar-refractivity contribution in [2.24, 2.45) is 0 Å². The monoisotopic (exact) mass is 217 g/mol. The Hall–Kier alpha value is -1.12. The van der Waals surface area contributed by atoms with E-state index in [0.717, 1.165) is 32.5 Å². The summed E-state index contributed by atoms with van der Waals surface area (Å²) in [4.78, 5) is 2.39. The summed E-state index contributed by atoms with van der Waals surface area (Å²) >= 11 is 0. The minimum atomic E-state index is 0.297. The molecule has 2 rings (SSSR count). The van der Waals surface area contributed by atoms with Crippen LogP contribution < -0.4 is 0 Å². The Bertz CT molecular complexity index is 345. The minimum Gasteiger partial charge on any atom is -0.396 e. The van der Waals surface area contributed by atoms with Gasteiger partial charge in [-0.2, -0.15) is 0 Å². The molecule has 1 heterocycles. The molecule has 2 heteroatoms. The van der Waals surface area contributed by atoms with Gasteiger partial charge in [-0.15, -0.1) is 0 Å². The SMILES string of the molecule is OCCCN1CC=C(c2ccccc2)CC1. The van der Waals surface area contributed by atoms with Crippen LogP contribution in [0.15, 0.2) is 36.4 Å². The van der Waals surface area contributed by atoms with Gasteiger partial charge in [0.05, 0.1) is 0 Å². The van der Waals surface area contributed by atoms with Crippen molar-refractivity contribution in [2.75, 3.05) is 26.2 Å². The van der Waals surface area contributed by atoms with Gasteiger partial charge in [-0.25, -0.2) is 0 Å². The Labute approximate surface area is 97.2 Å². The summed E-state index contributed by atoms with van der Waals surface area (Å²) in [5.41, 5.74) is 2.81. The fourth-order valence-electron chi connectivity index (χ4n) is 2.12. The lowest BCUT2D eigenvalue weighted by Crippen LogP contribution is -2.29. The Morgan fingerprint density at radius 1 is 1.19 bits per heavy atom. The Balaban J connectivity index is 1.93. The number of rotatable bonds is 4. The first-order valence-electron chi connectivity index (χ1n) is 5.98. The summed E-state index contributed by atoms with van der Waals surface area (Å²) in [6.45, 7) is 3.44. The number of hydrogen-bond acceptors (Lipinski definition) is 2. The molecule has 0 fully saturated rings. The molecular weight excluding hydrogens is 198 g/mol. The van der Waals surface area contributed by atoms with E-state index in [-0.39, 0.29) is 0 Å². The van der Waals surface area contributed by atoms with Crippen molar-refractivity contribution in [1.82, 2.24) is 4.90 Å². The van der Waals surface area contributed by atoms with Crippen molar-refractivity contribution in [1.29, 1.82) is 0 Å². The van der Waals surface area contributed by atoms with Crippen LogP contribution in [0.2, 0.25) is 0 Å². The highest BCUT2D eigenvalue weighted by atomic mass is 16.3. The average molecular weight is 217 g/mol. The van der Waals surface area contributed by atoms with E-state index < -0.39 is 0 Å². The predicted octanol–water partition coefficient (Wildman–Crippen LogP) is 2.16. The van der Waals surface area contributed by atoms with E-state index in [4.69, 9.17) is 5.11 Å². The van der Waals surface area contributed by atoms with Gasteiger partial charge in [0.15, 0.2) is 0 Å². The Morgan fingerprint density at radius 3 is 2.62 bits per heavy atom. The van der Waals surface area contributed by atoms with Crippen LogP contribution in [-0.4, -0.2) is 36.2 Å². The summed E-state index contributed by atoms with van der Waals surface area (Å²) < 4.78 is 0. The second kappa shape index (κ2) is 5.83. The summed E-state index contributed by atoms with van der Waals surface area (Å²) in [7, 11) is 0. The fraction of sp³-hybridized carbons (Fsp3) is 0.429. The van der Waals surface area contributed by atoms with Gasteiger partial charge in [0.1, 0.15) is 0 Å². The van der Waals surface area contributed by atoms with Gasteiger partial charge in [0.2, 0.25) is 0 Å².